The Labute approximate surface area is 369 Å². The summed E-state index contributed by atoms with van der Waals surface area (Å²) in [5, 5.41) is 5.58. The number of furan rings is 1. The van der Waals surface area contributed by atoms with Crippen molar-refractivity contribution in [3.63, 3.8) is 0 Å². The van der Waals surface area contributed by atoms with E-state index in [1.807, 2.05) is 12.1 Å². The van der Waals surface area contributed by atoms with Crippen LogP contribution in [0.3, 0.4) is 0 Å². The lowest BCUT2D eigenvalue weighted by atomic mass is 9.91. The molecule has 296 valence electrons. The Balaban J connectivity index is 1.01. The predicted molar refractivity (Wildman–Crippen MR) is 266 cm³/mol. The molecular formula is C59H38N2OS. The highest BCUT2D eigenvalue weighted by molar-refractivity contribution is 7.22. The van der Waals surface area contributed by atoms with Crippen LogP contribution in [-0.4, -0.2) is 4.98 Å². The third-order valence-corrected chi connectivity index (χ3v) is 13.2. The van der Waals surface area contributed by atoms with E-state index in [2.05, 4.69) is 223 Å². The second-order valence-corrected chi connectivity index (χ2v) is 16.9. The van der Waals surface area contributed by atoms with Gasteiger partial charge in [-0.3, -0.25) is 0 Å². The third kappa shape index (κ3) is 6.56. The minimum atomic E-state index is 0.835. The number of anilines is 3. The standard InChI is InChI=1S/C59H38N2OS/c1-4-15-39(16-5-1)40-27-31-46(32-28-40)61(56-57-53(52-25-12-13-26-55(52)62-57)38-54-58(56)63-59(60-54)43-19-8-3-9-20-43)47-33-29-41(30-34-47)44-21-14-22-45(37-44)49-36-35-48(42-17-6-2-7-18-42)50-23-10-11-24-51(49)50/h1-38H. The minimum Gasteiger partial charge on any atom is -0.454 e. The Morgan fingerprint density at radius 2 is 0.857 bits per heavy atom. The highest BCUT2D eigenvalue weighted by Gasteiger charge is 2.25. The van der Waals surface area contributed by atoms with E-state index >= 15 is 0 Å². The SMILES string of the molecule is c1ccc(-c2ccc(N(c3ccc(-c4cccc(-c5ccc(-c6ccccc6)c6ccccc56)c4)cc3)c3c4oc5ccccc5c4cc4nc(-c5ccccc5)sc34)cc2)cc1. The van der Waals surface area contributed by atoms with Gasteiger partial charge >= 0.3 is 0 Å². The number of fused-ring (bicyclic) bond motifs is 5. The molecule has 0 saturated carbocycles. The van der Waals surface area contributed by atoms with Crippen molar-refractivity contribution in [1.29, 1.82) is 0 Å². The van der Waals surface area contributed by atoms with Gasteiger partial charge in [-0.25, -0.2) is 4.98 Å². The lowest BCUT2D eigenvalue weighted by Gasteiger charge is -2.26. The van der Waals surface area contributed by atoms with Crippen molar-refractivity contribution >= 4 is 71.3 Å². The minimum absolute atomic E-state index is 0.835. The topological polar surface area (TPSA) is 29.3 Å². The molecule has 0 aliphatic heterocycles. The van der Waals surface area contributed by atoms with Gasteiger partial charge in [0.2, 0.25) is 0 Å². The molecule has 0 spiro atoms. The molecule has 0 radical (unpaired) electrons. The van der Waals surface area contributed by atoms with E-state index in [4.69, 9.17) is 9.40 Å². The normalized spacial score (nSPS) is 11.5. The predicted octanol–water partition coefficient (Wildman–Crippen LogP) is 17.2. The molecule has 3 nitrogen and oxygen atoms in total. The van der Waals surface area contributed by atoms with Crippen molar-refractivity contribution in [2.24, 2.45) is 0 Å². The number of aromatic nitrogens is 1. The van der Waals surface area contributed by atoms with E-state index in [0.717, 1.165) is 76.5 Å². The van der Waals surface area contributed by atoms with Crippen molar-refractivity contribution < 1.29 is 4.42 Å². The molecule has 0 N–H and O–H groups in total. The van der Waals surface area contributed by atoms with Crippen LogP contribution in [0, 0.1) is 0 Å². The number of para-hydroxylation sites is 1. The molecule has 0 fully saturated rings. The molecule has 0 unspecified atom stereocenters. The number of benzene rings is 10. The zero-order chi connectivity index (χ0) is 41.7. The first-order chi connectivity index (χ1) is 31.2. The second-order valence-electron chi connectivity index (χ2n) is 15.9. The molecule has 0 aliphatic rings. The number of hydrogen-bond donors (Lipinski definition) is 0. The van der Waals surface area contributed by atoms with E-state index in [0.29, 0.717) is 0 Å². The molecule has 0 amide bonds. The first kappa shape index (κ1) is 36.8. The van der Waals surface area contributed by atoms with Crippen LogP contribution in [0.4, 0.5) is 17.1 Å². The number of nitrogens with zero attached hydrogens (tertiary/aromatic N) is 2. The molecule has 12 rings (SSSR count). The maximum atomic E-state index is 6.87. The lowest BCUT2D eigenvalue weighted by Crippen LogP contribution is -2.10. The first-order valence-electron chi connectivity index (χ1n) is 21.3. The highest BCUT2D eigenvalue weighted by atomic mass is 32.1. The molecule has 4 heteroatoms. The summed E-state index contributed by atoms with van der Waals surface area (Å²) in [6.45, 7) is 0. The Hall–Kier alpha value is -8.05. The summed E-state index contributed by atoms with van der Waals surface area (Å²) in [7, 11) is 0. The summed E-state index contributed by atoms with van der Waals surface area (Å²) in [6.07, 6.45) is 0. The van der Waals surface area contributed by atoms with Crippen LogP contribution in [-0.2, 0) is 0 Å². The van der Waals surface area contributed by atoms with E-state index in [9.17, 15) is 0 Å². The summed E-state index contributed by atoms with van der Waals surface area (Å²) < 4.78 is 7.94. The zero-order valence-corrected chi connectivity index (χ0v) is 35.0. The highest BCUT2D eigenvalue weighted by Crippen LogP contribution is 2.49. The van der Waals surface area contributed by atoms with Gasteiger partial charge in [0.1, 0.15) is 16.3 Å². The van der Waals surface area contributed by atoms with Gasteiger partial charge < -0.3 is 9.32 Å². The molecule has 0 atom stereocenters. The fourth-order valence-electron chi connectivity index (χ4n) is 9.06. The van der Waals surface area contributed by atoms with Gasteiger partial charge in [-0.2, -0.15) is 0 Å². The average Bonchev–Trinajstić information content (AvgIpc) is 3.97. The summed E-state index contributed by atoms with van der Waals surface area (Å²) in [5.74, 6) is 0. The van der Waals surface area contributed by atoms with Crippen LogP contribution in [0.2, 0.25) is 0 Å². The van der Waals surface area contributed by atoms with Crippen LogP contribution in [0.5, 0.6) is 0 Å². The summed E-state index contributed by atoms with van der Waals surface area (Å²) in [5.41, 5.74) is 16.3. The molecular weight excluding hydrogens is 785 g/mol. The molecule has 63 heavy (non-hydrogen) atoms. The molecule has 0 saturated heterocycles. The van der Waals surface area contributed by atoms with Crippen LogP contribution in [0.1, 0.15) is 0 Å². The molecule has 0 aliphatic carbocycles. The lowest BCUT2D eigenvalue weighted by molar-refractivity contribution is 0.669. The van der Waals surface area contributed by atoms with Crippen LogP contribution < -0.4 is 4.90 Å². The average molecular weight is 823 g/mol. The number of hydrogen-bond acceptors (Lipinski definition) is 4. The van der Waals surface area contributed by atoms with Crippen molar-refractivity contribution in [2.75, 3.05) is 4.90 Å². The molecule has 2 heterocycles. The molecule has 10 aromatic carbocycles. The van der Waals surface area contributed by atoms with E-state index in [1.165, 1.54) is 38.6 Å². The Morgan fingerprint density at radius 1 is 0.365 bits per heavy atom. The number of thiazole rings is 1. The first-order valence-corrected chi connectivity index (χ1v) is 22.1. The smallest absolute Gasteiger partial charge is 0.161 e. The second kappa shape index (κ2) is 15.4. The summed E-state index contributed by atoms with van der Waals surface area (Å²) in [6, 6.07) is 82.2. The zero-order valence-electron chi connectivity index (χ0n) is 34.2. The van der Waals surface area contributed by atoms with Crippen LogP contribution in [0.25, 0.3) is 98.0 Å². The van der Waals surface area contributed by atoms with Gasteiger partial charge in [0, 0.05) is 27.7 Å². The fraction of sp³-hybridized carbons (Fsp3) is 0. The largest absolute Gasteiger partial charge is 0.454 e. The maximum Gasteiger partial charge on any atom is 0.161 e. The van der Waals surface area contributed by atoms with Gasteiger partial charge in [-0.1, -0.05) is 188 Å². The number of rotatable bonds is 8. The van der Waals surface area contributed by atoms with Crippen molar-refractivity contribution in [1.82, 2.24) is 4.98 Å². The monoisotopic (exact) mass is 822 g/mol. The fourth-order valence-corrected chi connectivity index (χ4v) is 10.1. The van der Waals surface area contributed by atoms with E-state index < -0.39 is 0 Å². The van der Waals surface area contributed by atoms with Crippen molar-refractivity contribution in [3.05, 3.63) is 231 Å². The van der Waals surface area contributed by atoms with Crippen molar-refractivity contribution in [2.45, 2.75) is 0 Å². The molecule has 2 aromatic heterocycles. The maximum absolute atomic E-state index is 6.87. The quantitative estimate of drug-likeness (QED) is 0.153. The van der Waals surface area contributed by atoms with Gasteiger partial charge in [0.05, 0.1) is 10.2 Å². The van der Waals surface area contributed by atoms with Gasteiger partial charge in [-0.15, -0.1) is 11.3 Å². The molecule has 12 aromatic rings. The summed E-state index contributed by atoms with van der Waals surface area (Å²) >= 11 is 1.71. The van der Waals surface area contributed by atoms with E-state index in [1.54, 1.807) is 11.3 Å². The van der Waals surface area contributed by atoms with E-state index in [-0.39, 0.29) is 0 Å². The Kier molecular flexibility index (Phi) is 9.02. The Bertz CT molecular complexity index is 3590. The summed E-state index contributed by atoms with van der Waals surface area (Å²) in [4.78, 5) is 7.64. The van der Waals surface area contributed by atoms with Crippen molar-refractivity contribution in [3.8, 4) is 55.1 Å². The van der Waals surface area contributed by atoms with Crippen LogP contribution >= 0.6 is 11.3 Å². The van der Waals surface area contributed by atoms with Gasteiger partial charge in [0.15, 0.2) is 5.58 Å². The molecule has 0 bridgehead atoms. The van der Waals surface area contributed by atoms with Gasteiger partial charge in [-0.05, 0) is 97.7 Å². The Morgan fingerprint density at radius 3 is 1.51 bits per heavy atom. The van der Waals surface area contributed by atoms with Crippen LogP contribution in [0.15, 0.2) is 235 Å². The van der Waals surface area contributed by atoms with Gasteiger partial charge in [0.25, 0.3) is 0 Å². The third-order valence-electron chi connectivity index (χ3n) is 12.1.